The van der Waals surface area contributed by atoms with Gasteiger partial charge >= 0.3 is 0 Å². The summed E-state index contributed by atoms with van der Waals surface area (Å²) in [6, 6.07) is 4.04. The van der Waals surface area contributed by atoms with Gasteiger partial charge in [0.2, 0.25) is 0 Å². The molecule has 5 heteroatoms. The molecule has 0 aliphatic carbocycles. The predicted octanol–water partition coefficient (Wildman–Crippen LogP) is 2.20. The molecule has 16 heavy (non-hydrogen) atoms. The van der Waals surface area contributed by atoms with Crippen LogP contribution in [0.4, 0.5) is 0 Å². The Morgan fingerprint density at radius 3 is 2.69 bits per heavy atom. The second-order valence-corrected chi connectivity index (χ2v) is 3.53. The number of rotatable bonds is 3. The highest BCUT2D eigenvalue weighted by Crippen LogP contribution is 2.30. The molecule has 2 N–H and O–H groups in total. The summed E-state index contributed by atoms with van der Waals surface area (Å²) < 4.78 is 10.7. The number of hydrogen-bond donors (Lipinski definition) is 1. The Hall–Kier alpha value is -1.26. The minimum atomic E-state index is 0. The van der Waals surface area contributed by atoms with Crippen molar-refractivity contribution in [2.45, 2.75) is 13.8 Å². The summed E-state index contributed by atoms with van der Waals surface area (Å²) in [5.41, 5.74) is 8.33. The van der Waals surface area contributed by atoms with E-state index >= 15 is 0 Å². The Balaban J connectivity index is 0.00000128. The van der Waals surface area contributed by atoms with E-state index in [0.717, 1.165) is 22.1 Å². The average Bonchev–Trinajstić information content (AvgIpc) is 2.65. The lowest BCUT2D eigenvalue weighted by Crippen LogP contribution is -2.10. The number of benzene rings is 1. The van der Waals surface area contributed by atoms with E-state index in [0.29, 0.717) is 19.0 Å². The van der Waals surface area contributed by atoms with Crippen LogP contribution in [-0.4, -0.2) is 18.3 Å². The fourth-order valence-corrected chi connectivity index (χ4v) is 1.56. The lowest BCUT2D eigenvalue weighted by atomic mass is 10.1. The summed E-state index contributed by atoms with van der Waals surface area (Å²) in [5, 5.41) is 4.85. The fraction of sp³-hybridized carbons (Fsp3) is 0.364. The summed E-state index contributed by atoms with van der Waals surface area (Å²) in [6.45, 7) is 4.92. The maximum Gasteiger partial charge on any atom is 0.262 e. The Kier molecular flexibility index (Phi) is 4.15. The zero-order valence-corrected chi connectivity index (χ0v) is 10.1. The van der Waals surface area contributed by atoms with Crippen molar-refractivity contribution in [3.8, 4) is 5.88 Å². The van der Waals surface area contributed by atoms with Crippen LogP contribution in [0.15, 0.2) is 16.7 Å². The molecule has 1 aromatic carbocycles. The second-order valence-electron chi connectivity index (χ2n) is 3.53. The first-order chi connectivity index (χ1) is 7.24. The van der Waals surface area contributed by atoms with Crippen molar-refractivity contribution in [1.29, 1.82) is 0 Å². The number of hydrogen-bond acceptors (Lipinski definition) is 4. The van der Waals surface area contributed by atoms with Crippen LogP contribution in [0.3, 0.4) is 0 Å². The van der Waals surface area contributed by atoms with E-state index in [1.165, 1.54) is 0 Å². The summed E-state index contributed by atoms with van der Waals surface area (Å²) >= 11 is 0. The SMILES string of the molecule is Cc1ccc(C)c2c(OCCN)noc12.Cl. The van der Waals surface area contributed by atoms with Crippen molar-refractivity contribution in [1.82, 2.24) is 5.16 Å². The standard InChI is InChI=1S/C11H14N2O2.ClH/c1-7-3-4-8(2)10-9(7)11(13-15-10)14-6-5-12;/h3-4H,5-6,12H2,1-2H3;1H. The summed E-state index contributed by atoms with van der Waals surface area (Å²) in [6.07, 6.45) is 0. The number of fused-ring (bicyclic) bond motifs is 1. The second kappa shape index (κ2) is 5.18. The molecule has 4 nitrogen and oxygen atoms in total. The summed E-state index contributed by atoms with van der Waals surface area (Å²) in [4.78, 5) is 0. The van der Waals surface area contributed by atoms with Gasteiger partial charge in [0.15, 0.2) is 5.58 Å². The van der Waals surface area contributed by atoms with E-state index in [1.807, 2.05) is 26.0 Å². The Morgan fingerprint density at radius 1 is 1.31 bits per heavy atom. The molecule has 0 aliphatic rings. The number of halogens is 1. The maximum atomic E-state index is 5.41. The lowest BCUT2D eigenvalue weighted by molar-refractivity contribution is 0.293. The van der Waals surface area contributed by atoms with Gasteiger partial charge in [-0.3, -0.25) is 0 Å². The van der Waals surface area contributed by atoms with Crippen LogP contribution >= 0.6 is 12.4 Å². The average molecular weight is 243 g/mol. The highest BCUT2D eigenvalue weighted by molar-refractivity contribution is 5.87. The molecule has 0 spiro atoms. The van der Waals surface area contributed by atoms with Gasteiger partial charge in [0.05, 0.1) is 5.39 Å². The maximum absolute atomic E-state index is 5.41. The van der Waals surface area contributed by atoms with Gasteiger partial charge in [-0.15, -0.1) is 12.4 Å². The van der Waals surface area contributed by atoms with Crippen molar-refractivity contribution < 1.29 is 9.26 Å². The van der Waals surface area contributed by atoms with Crippen LogP contribution in [0.5, 0.6) is 5.88 Å². The molecule has 0 radical (unpaired) electrons. The quantitative estimate of drug-likeness (QED) is 0.897. The van der Waals surface area contributed by atoms with Gasteiger partial charge in [0, 0.05) is 6.54 Å². The molecule has 2 rings (SSSR count). The van der Waals surface area contributed by atoms with Crippen molar-refractivity contribution in [2.24, 2.45) is 5.73 Å². The van der Waals surface area contributed by atoms with Gasteiger partial charge in [0.25, 0.3) is 5.88 Å². The molecule has 0 unspecified atom stereocenters. The van der Waals surface area contributed by atoms with Crippen LogP contribution in [-0.2, 0) is 0 Å². The Labute approximate surface area is 100 Å². The van der Waals surface area contributed by atoms with Crippen LogP contribution in [0.1, 0.15) is 11.1 Å². The smallest absolute Gasteiger partial charge is 0.262 e. The van der Waals surface area contributed by atoms with Crippen LogP contribution in [0.2, 0.25) is 0 Å². The number of aryl methyl sites for hydroxylation is 2. The first-order valence-corrected chi connectivity index (χ1v) is 4.92. The van der Waals surface area contributed by atoms with E-state index in [1.54, 1.807) is 0 Å². The van der Waals surface area contributed by atoms with Gasteiger partial charge in [-0.2, -0.15) is 0 Å². The highest BCUT2D eigenvalue weighted by atomic mass is 35.5. The molecule has 2 aromatic rings. The van der Waals surface area contributed by atoms with Crippen molar-refractivity contribution >= 4 is 23.4 Å². The third-order valence-electron chi connectivity index (χ3n) is 2.35. The molecule has 0 fully saturated rings. The van der Waals surface area contributed by atoms with Crippen molar-refractivity contribution in [2.75, 3.05) is 13.2 Å². The molecule has 0 saturated carbocycles. The summed E-state index contributed by atoms with van der Waals surface area (Å²) in [5.74, 6) is 0.539. The topological polar surface area (TPSA) is 61.3 Å². The molecule has 0 aliphatic heterocycles. The molecule has 1 heterocycles. The van der Waals surface area contributed by atoms with Gasteiger partial charge in [0.1, 0.15) is 6.61 Å². The Bertz CT molecular complexity index is 482. The van der Waals surface area contributed by atoms with Gasteiger partial charge < -0.3 is 15.0 Å². The van der Waals surface area contributed by atoms with E-state index < -0.39 is 0 Å². The van der Waals surface area contributed by atoms with Crippen molar-refractivity contribution in [3.05, 3.63) is 23.3 Å². The molecule has 88 valence electrons. The van der Waals surface area contributed by atoms with Gasteiger partial charge in [-0.05, 0) is 30.1 Å². The number of aromatic nitrogens is 1. The molecule has 0 atom stereocenters. The van der Waals surface area contributed by atoms with E-state index in [9.17, 15) is 0 Å². The molecule has 0 amide bonds. The third kappa shape index (κ3) is 2.13. The molecular formula is C11H15ClN2O2. The minimum Gasteiger partial charge on any atom is -0.474 e. The van der Waals surface area contributed by atoms with E-state index in [-0.39, 0.29) is 12.4 Å². The highest BCUT2D eigenvalue weighted by Gasteiger charge is 2.13. The first-order valence-electron chi connectivity index (χ1n) is 4.92. The third-order valence-corrected chi connectivity index (χ3v) is 2.35. The number of nitrogens with zero attached hydrogens (tertiary/aromatic N) is 1. The van der Waals surface area contributed by atoms with Gasteiger partial charge in [-0.1, -0.05) is 12.1 Å². The lowest BCUT2D eigenvalue weighted by Gasteiger charge is -2.01. The Morgan fingerprint density at radius 2 is 2.00 bits per heavy atom. The number of nitrogens with two attached hydrogens (primary N) is 1. The largest absolute Gasteiger partial charge is 0.474 e. The number of ether oxygens (including phenoxy) is 1. The normalized spacial score (nSPS) is 10.2. The predicted molar refractivity (Wildman–Crippen MR) is 65.3 cm³/mol. The molecular weight excluding hydrogens is 228 g/mol. The van der Waals surface area contributed by atoms with Crippen LogP contribution in [0, 0.1) is 13.8 Å². The molecule has 0 bridgehead atoms. The van der Waals surface area contributed by atoms with Crippen molar-refractivity contribution in [3.63, 3.8) is 0 Å². The zero-order chi connectivity index (χ0) is 10.8. The van der Waals surface area contributed by atoms with E-state index in [4.69, 9.17) is 15.0 Å². The van der Waals surface area contributed by atoms with Crippen LogP contribution < -0.4 is 10.5 Å². The van der Waals surface area contributed by atoms with E-state index in [2.05, 4.69) is 5.16 Å². The minimum absolute atomic E-state index is 0. The first kappa shape index (κ1) is 12.8. The zero-order valence-electron chi connectivity index (χ0n) is 9.32. The molecule has 1 aromatic heterocycles. The van der Waals surface area contributed by atoms with Crippen LogP contribution in [0.25, 0.3) is 11.0 Å². The monoisotopic (exact) mass is 242 g/mol. The fourth-order valence-electron chi connectivity index (χ4n) is 1.56. The summed E-state index contributed by atoms with van der Waals surface area (Å²) in [7, 11) is 0. The van der Waals surface area contributed by atoms with Gasteiger partial charge in [-0.25, -0.2) is 0 Å². The molecule has 0 saturated heterocycles.